The summed E-state index contributed by atoms with van der Waals surface area (Å²) in [6.45, 7) is 4.45. The van der Waals surface area contributed by atoms with E-state index in [1.54, 1.807) is 0 Å². The first-order valence-electron chi connectivity index (χ1n) is 12.1. The van der Waals surface area contributed by atoms with Gasteiger partial charge in [-0.1, -0.05) is 50.3 Å². The van der Waals surface area contributed by atoms with Crippen molar-refractivity contribution < 1.29 is 0 Å². The second kappa shape index (κ2) is 8.14. The summed E-state index contributed by atoms with van der Waals surface area (Å²) in [5.74, 6) is 3.99. The molecule has 168 valence electrons. The van der Waals surface area contributed by atoms with Gasteiger partial charge in [0.25, 0.3) is 0 Å². The largest absolute Gasteiger partial charge is 0.342 e. The Hall–Kier alpha value is -3.48. The Labute approximate surface area is 194 Å². The second-order valence-corrected chi connectivity index (χ2v) is 8.97. The van der Waals surface area contributed by atoms with Gasteiger partial charge in [0.1, 0.15) is 18.0 Å². The standard InChI is InChI=1S/C26H29N7/c1-3-18-13-14-22-25(29-24(18)31-16-15-27-23(31)19-9-6-5-7-10-19)33(20-11-8-12-20)21(4-2)26-30-28-17-32(22)26/h5-7,9-10,14-17,20-21H,3-4,8,11-13H2,1-2H3. The van der Waals surface area contributed by atoms with Crippen LogP contribution in [0.1, 0.15) is 64.2 Å². The molecule has 3 aliphatic rings. The van der Waals surface area contributed by atoms with Gasteiger partial charge in [0.05, 0.1) is 11.7 Å². The number of allylic oxidation sites excluding steroid dienone is 2. The minimum Gasteiger partial charge on any atom is -0.342 e. The van der Waals surface area contributed by atoms with Crippen molar-refractivity contribution in [3.05, 3.63) is 66.5 Å². The number of imidazole rings is 1. The summed E-state index contributed by atoms with van der Waals surface area (Å²) in [5.41, 5.74) is 3.50. The van der Waals surface area contributed by atoms with Gasteiger partial charge in [0.15, 0.2) is 11.7 Å². The van der Waals surface area contributed by atoms with E-state index in [0.29, 0.717) is 6.04 Å². The molecule has 2 aromatic heterocycles. The number of hydrogen-bond donors (Lipinski definition) is 0. The monoisotopic (exact) mass is 439 g/mol. The van der Waals surface area contributed by atoms with E-state index in [9.17, 15) is 0 Å². The fourth-order valence-electron chi connectivity index (χ4n) is 5.24. The topological polar surface area (TPSA) is 64.1 Å². The lowest BCUT2D eigenvalue weighted by molar-refractivity contribution is 0.147. The van der Waals surface area contributed by atoms with Gasteiger partial charge in [-0.15, -0.1) is 10.2 Å². The van der Waals surface area contributed by atoms with Crippen LogP contribution in [0.4, 0.5) is 0 Å². The highest BCUT2D eigenvalue weighted by Gasteiger charge is 2.41. The van der Waals surface area contributed by atoms with Gasteiger partial charge in [-0.3, -0.25) is 9.13 Å². The van der Waals surface area contributed by atoms with Crippen LogP contribution in [-0.4, -0.2) is 41.1 Å². The molecular formula is C26H29N7. The third-order valence-corrected chi connectivity index (χ3v) is 7.19. The van der Waals surface area contributed by atoms with Gasteiger partial charge >= 0.3 is 0 Å². The predicted octanol–water partition coefficient (Wildman–Crippen LogP) is 5.38. The zero-order chi connectivity index (χ0) is 22.4. The maximum Gasteiger partial charge on any atom is 0.160 e. The van der Waals surface area contributed by atoms with E-state index in [2.05, 4.69) is 68.4 Å². The van der Waals surface area contributed by atoms with Crippen molar-refractivity contribution in [3.63, 3.8) is 0 Å². The number of aliphatic imine (C=N–C) groups is 1. The number of nitrogens with zero attached hydrogens (tertiary/aromatic N) is 7. The highest BCUT2D eigenvalue weighted by molar-refractivity contribution is 6.20. The molecule has 2 aliphatic heterocycles. The number of rotatable bonds is 5. The summed E-state index contributed by atoms with van der Waals surface area (Å²) < 4.78 is 4.32. The molecule has 1 atom stereocenters. The highest BCUT2D eigenvalue weighted by atomic mass is 15.4. The van der Waals surface area contributed by atoms with E-state index >= 15 is 0 Å². The van der Waals surface area contributed by atoms with E-state index in [-0.39, 0.29) is 6.04 Å². The first kappa shape index (κ1) is 20.1. The fraction of sp³-hybridized carbons (Fsp3) is 0.385. The van der Waals surface area contributed by atoms with Crippen LogP contribution in [0, 0.1) is 0 Å². The molecule has 7 heteroatoms. The third kappa shape index (κ3) is 3.17. The van der Waals surface area contributed by atoms with Crippen molar-refractivity contribution >= 4 is 17.4 Å². The molecule has 33 heavy (non-hydrogen) atoms. The Kier molecular flexibility index (Phi) is 4.97. The molecule has 0 saturated heterocycles. The van der Waals surface area contributed by atoms with Crippen LogP contribution in [0.15, 0.2) is 65.7 Å². The molecular weight excluding hydrogens is 410 g/mol. The molecule has 0 radical (unpaired) electrons. The molecule has 1 aromatic carbocycles. The van der Waals surface area contributed by atoms with E-state index in [1.807, 2.05) is 24.8 Å². The molecule has 0 N–H and O–H groups in total. The highest BCUT2D eigenvalue weighted by Crippen LogP contribution is 2.42. The Morgan fingerprint density at radius 2 is 1.91 bits per heavy atom. The van der Waals surface area contributed by atoms with Crippen LogP contribution in [-0.2, 0) is 0 Å². The lowest BCUT2D eigenvalue weighted by Crippen LogP contribution is -2.50. The minimum atomic E-state index is 0.189. The van der Waals surface area contributed by atoms with Crippen LogP contribution in [0.3, 0.4) is 0 Å². The Bertz CT molecular complexity index is 1260. The van der Waals surface area contributed by atoms with Crippen molar-refractivity contribution in [1.29, 1.82) is 0 Å². The molecule has 4 heterocycles. The van der Waals surface area contributed by atoms with Crippen LogP contribution < -0.4 is 0 Å². The summed E-state index contributed by atoms with van der Waals surface area (Å²) in [7, 11) is 0. The van der Waals surface area contributed by atoms with Crippen molar-refractivity contribution in [1.82, 2.24) is 29.2 Å². The van der Waals surface area contributed by atoms with Gasteiger partial charge in [-0.25, -0.2) is 9.98 Å². The van der Waals surface area contributed by atoms with Crippen molar-refractivity contribution in [2.75, 3.05) is 0 Å². The molecule has 0 spiro atoms. The zero-order valence-electron chi connectivity index (χ0n) is 19.2. The summed E-state index contributed by atoms with van der Waals surface area (Å²) in [6, 6.07) is 11.1. The van der Waals surface area contributed by atoms with Crippen LogP contribution >= 0.6 is 0 Å². The van der Waals surface area contributed by atoms with E-state index in [0.717, 1.165) is 53.8 Å². The van der Waals surface area contributed by atoms with Gasteiger partial charge < -0.3 is 4.90 Å². The number of fused-ring (bicyclic) bond motifs is 3. The van der Waals surface area contributed by atoms with Gasteiger partial charge in [0.2, 0.25) is 0 Å². The zero-order valence-corrected chi connectivity index (χ0v) is 19.2. The van der Waals surface area contributed by atoms with Gasteiger partial charge in [-0.05, 0) is 44.1 Å². The maximum atomic E-state index is 5.44. The lowest BCUT2D eigenvalue weighted by Gasteiger charge is -2.46. The third-order valence-electron chi connectivity index (χ3n) is 7.19. The van der Waals surface area contributed by atoms with Gasteiger partial charge in [0, 0.05) is 24.0 Å². The summed E-state index contributed by atoms with van der Waals surface area (Å²) in [6.07, 6.45) is 14.5. The average Bonchev–Trinajstić information content (AvgIpc) is 3.45. The summed E-state index contributed by atoms with van der Waals surface area (Å²) in [4.78, 5) is 12.7. The lowest BCUT2D eigenvalue weighted by atomic mass is 9.88. The normalized spacial score (nSPS) is 20.5. The molecule has 1 fully saturated rings. The van der Waals surface area contributed by atoms with Crippen molar-refractivity contribution in [3.8, 4) is 11.4 Å². The number of benzene rings is 1. The first-order chi connectivity index (χ1) is 16.3. The van der Waals surface area contributed by atoms with E-state index < -0.39 is 0 Å². The Morgan fingerprint density at radius 1 is 1.06 bits per heavy atom. The van der Waals surface area contributed by atoms with E-state index in [4.69, 9.17) is 9.98 Å². The van der Waals surface area contributed by atoms with Crippen molar-refractivity contribution in [2.45, 2.75) is 64.5 Å². The smallest absolute Gasteiger partial charge is 0.160 e. The van der Waals surface area contributed by atoms with Crippen LogP contribution in [0.2, 0.25) is 0 Å². The Balaban J connectivity index is 1.55. The molecule has 1 unspecified atom stereocenters. The predicted molar refractivity (Wildman–Crippen MR) is 130 cm³/mol. The summed E-state index contributed by atoms with van der Waals surface area (Å²) in [5, 5.41) is 8.82. The molecule has 1 aliphatic carbocycles. The SMILES string of the molecule is CCC1=C(n2ccnc2-c2ccccc2)N=C2C(=CC1)n1cnnc1C(CC)N2C1CCC1. The quantitative estimate of drug-likeness (QED) is 0.535. The number of aromatic nitrogens is 5. The molecule has 1 saturated carbocycles. The second-order valence-electron chi connectivity index (χ2n) is 8.97. The Morgan fingerprint density at radius 3 is 2.64 bits per heavy atom. The summed E-state index contributed by atoms with van der Waals surface area (Å²) >= 11 is 0. The molecule has 3 aromatic rings. The molecule has 0 amide bonds. The molecule has 6 rings (SSSR count). The maximum absolute atomic E-state index is 5.44. The minimum absolute atomic E-state index is 0.189. The van der Waals surface area contributed by atoms with Crippen molar-refractivity contribution in [2.24, 2.45) is 4.99 Å². The van der Waals surface area contributed by atoms with Crippen LogP contribution in [0.5, 0.6) is 0 Å². The molecule has 7 nitrogen and oxygen atoms in total. The number of hydrogen-bond acceptors (Lipinski definition) is 5. The van der Waals surface area contributed by atoms with Gasteiger partial charge in [-0.2, -0.15) is 0 Å². The van der Waals surface area contributed by atoms with Crippen LogP contribution in [0.25, 0.3) is 22.9 Å². The first-order valence-corrected chi connectivity index (χ1v) is 12.1. The molecule has 0 bridgehead atoms. The van der Waals surface area contributed by atoms with E-state index in [1.165, 1.54) is 24.8 Å². The fourth-order valence-corrected chi connectivity index (χ4v) is 5.24. The number of amidine groups is 1. The average molecular weight is 440 g/mol.